The first-order chi connectivity index (χ1) is 20.9. The van der Waals surface area contributed by atoms with Crippen LogP contribution >= 0.6 is 0 Å². The molecule has 12 nitrogen and oxygen atoms in total. The van der Waals surface area contributed by atoms with Crippen molar-refractivity contribution < 1.29 is 56.4 Å². The van der Waals surface area contributed by atoms with Crippen LogP contribution in [0.25, 0.3) is 0 Å². The molecule has 0 aliphatic carbocycles. The predicted octanol–water partition coefficient (Wildman–Crippen LogP) is 3.62. The van der Waals surface area contributed by atoms with Gasteiger partial charge < -0.3 is 28.8 Å². The maximum atomic E-state index is 11.9. The predicted molar refractivity (Wildman–Crippen MR) is 169 cm³/mol. The topological polar surface area (TPSA) is 172 Å². The van der Waals surface area contributed by atoms with E-state index in [4.69, 9.17) is 19.3 Å². The van der Waals surface area contributed by atoms with Gasteiger partial charge in [-0.2, -0.15) is 0 Å². The summed E-state index contributed by atoms with van der Waals surface area (Å²) in [4.78, 5) is 42.8. The van der Waals surface area contributed by atoms with Gasteiger partial charge in [-0.25, -0.2) is 27.6 Å². The fourth-order valence-electron chi connectivity index (χ4n) is 2.21. The van der Waals surface area contributed by atoms with E-state index in [1.54, 1.807) is 45.0 Å². The third kappa shape index (κ3) is 23.0. The molecule has 1 aliphatic rings. The summed E-state index contributed by atoms with van der Waals surface area (Å²) in [5.74, 6) is -1.88. The molecule has 1 aliphatic heterocycles. The molecule has 1 saturated heterocycles. The minimum atomic E-state index is -3.41. The summed E-state index contributed by atoms with van der Waals surface area (Å²) in [6.07, 6.45) is 0.627. The number of esters is 4. The summed E-state index contributed by atoms with van der Waals surface area (Å²) < 4.78 is 47.0. The highest BCUT2D eigenvalue weighted by molar-refractivity contribution is 7.91. The van der Waals surface area contributed by atoms with Crippen LogP contribution < -0.4 is 0 Å². The van der Waals surface area contributed by atoms with E-state index in [0.717, 1.165) is 5.56 Å². The van der Waals surface area contributed by atoms with Gasteiger partial charge in [0.15, 0.2) is 9.84 Å². The largest absolute Gasteiger partial charge is 0.466 e. The molecule has 1 fully saturated rings. The summed E-state index contributed by atoms with van der Waals surface area (Å²) in [7, 11) is -2.07. The summed E-state index contributed by atoms with van der Waals surface area (Å²) in [6, 6.07) is 6.55. The fraction of sp³-hybridized carbons (Fsp3) is 0.438. The quantitative estimate of drug-likeness (QED) is 0.108. The Bertz CT molecular complexity index is 1270. The van der Waals surface area contributed by atoms with Crippen LogP contribution in [0.2, 0.25) is 0 Å². The van der Waals surface area contributed by atoms with Gasteiger partial charge in [0.2, 0.25) is 0 Å². The number of carbonyl (C=O) groups is 4. The summed E-state index contributed by atoms with van der Waals surface area (Å²) >= 11 is 0. The van der Waals surface area contributed by atoms with Crippen molar-refractivity contribution in [3.63, 3.8) is 0 Å². The molecule has 0 spiro atoms. The van der Waals surface area contributed by atoms with Crippen molar-refractivity contribution in [3.8, 4) is 0 Å². The number of epoxide rings is 1. The number of methoxy groups -OCH3 is 1. The number of aliphatic hydroxyl groups is 1. The lowest BCUT2D eigenvalue weighted by Crippen LogP contribution is -2.15. The van der Waals surface area contributed by atoms with Gasteiger partial charge in [0.25, 0.3) is 0 Å². The molecule has 1 atom stereocenters. The number of rotatable bonds is 13. The Morgan fingerprint density at radius 2 is 1.22 bits per heavy atom. The lowest BCUT2D eigenvalue weighted by Gasteiger charge is -2.06. The molecule has 1 unspecified atom stereocenters. The molecule has 0 aromatic heterocycles. The number of hydrogen-bond acceptors (Lipinski definition) is 12. The zero-order valence-corrected chi connectivity index (χ0v) is 27.8. The average molecular weight is 655 g/mol. The Hall–Kier alpha value is -4.07. The van der Waals surface area contributed by atoms with Gasteiger partial charge in [0.1, 0.15) is 19.3 Å². The number of sulfone groups is 1. The van der Waals surface area contributed by atoms with Gasteiger partial charge in [-0.1, -0.05) is 44.0 Å². The van der Waals surface area contributed by atoms with Crippen molar-refractivity contribution in [2.75, 3.05) is 45.9 Å². The Kier molecular flexibility index (Phi) is 22.3. The number of carbonyl (C=O) groups excluding carboxylic acids is 4. The minimum Gasteiger partial charge on any atom is -0.466 e. The van der Waals surface area contributed by atoms with Crippen molar-refractivity contribution in [1.82, 2.24) is 0 Å². The molecule has 45 heavy (non-hydrogen) atoms. The Morgan fingerprint density at radius 1 is 0.800 bits per heavy atom. The highest BCUT2D eigenvalue weighted by Crippen LogP contribution is 2.12. The lowest BCUT2D eigenvalue weighted by molar-refractivity contribution is -0.140. The monoisotopic (exact) mass is 654 g/mol. The van der Waals surface area contributed by atoms with Crippen LogP contribution in [0.1, 0.15) is 39.7 Å². The smallest absolute Gasteiger partial charge is 0.333 e. The summed E-state index contributed by atoms with van der Waals surface area (Å²) in [5.41, 5.74) is 2.49. The van der Waals surface area contributed by atoms with E-state index in [2.05, 4.69) is 35.8 Å². The third-order valence-corrected chi connectivity index (χ3v) is 6.58. The Labute approximate surface area is 266 Å². The van der Waals surface area contributed by atoms with Crippen LogP contribution in [0.15, 0.2) is 77.8 Å². The first-order valence-electron chi connectivity index (χ1n) is 13.6. The SMILES string of the molecule is C=C(C)C(=O)OC.C=C(C)C(=O)OCC1CO1.C=C(C)C(=O)OCCCO.C=C(C)C(=O)OCCS(=O)(=O)c1ccc(C)cc1. The fourth-order valence-corrected chi connectivity index (χ4v) is 3.30. The molecule has 0 bridgehead atoms. The number of hydrogen-bond donors (Lipinski definition) is 1. The Morgan fingerprint density at radius 3 is 1.58 bits per heavy atom. The van der Waals surface area contributed by atoms with Crippen LogP contribution in [0.3, 0.4) is 0 Å². The van der Waals surface area contributed by atoms with E-state index in [1.165, 1.54) is 14.0 Å². The number of ether oxygens (including phenoxy) is 5. The van der Waals surface area contributed by atoms with E-state index < -0.39 is 21.8 Å². The number of benzene rings is 1. The van der Waals surface area contributed by atoms with Crippen LogP contribution in [0.5, 0.6) is 0 Å². The van der Waals surface area contributed by atoms with Gasteiger partial charge in [0.05, 0.1) is 31.0 Å². The van der Waals surface area contributed by atoms with Crippen molar-refractivity contribution in [2.24, 2.45) is 0 Å². The maximum Gasteiger partial charge on any atom is 0.333 e. The standard InChI is InChI=1S/C13H16O4S.C7H10O3.C7H12O3.C5H8O2/c1-10(2)13(14)17-8-9-18(15,16)12-6-4-11(3)5-7-12;1-5(2)7(8)10-4-6-3-9-6;1-6(2)7(9)10-5-3-4-8;1-4(2)5(6)7-3/h4-7H,1,8-9H2,2-3H3;6H,1,3-4H2,2H3;8H,1,3-5H2,2H3;1H2,2-3H3. The van der Waals surface area contributed by atoms with E-state index in [0.29, 0.717) is 36.4 Å². The molecule has 0 radical (unpaired) electrons. The van der Waals surface area contributed by atoms with Crippen molar-refractivity contribution in [3.05, 3.63) is 78.4 Å². The molecular weight excluding hydrogens is 608 g/mol. The zero-order chi connectivity index (χ0) is 35.2. The second-order valence-corrected chi connectivity index (χ2v) is 11.8. The van der Waals surface area contributed by atoms with Gasteiger partial charge in [-0.05, 0) is 46.8 Å². The normalized spacial score (nSPS) is 12.5. The molecule has 1 heterocycles. The van der Waals surface area contributed by atoms with Crippen LogP contribution in [0.4, 0.5) is 0 Å². The van der Waals surface area contributed by atoms with Crippen molar-refractivity contribution in [1.29, 1.82) is 0 Å². The maximum absolute atomic E-state index is 11.9. The van der Waals surface area contributed by atoms with Crippen LogP contribution in [0, 0.1) is 6.92 Å². The molecule has 0 saturated carbocycles. The lowest BCUT2D eigenvalue weighted by atomic mass is 10.2. The second-order valence-electron chi connectivity index (χ2n) is 9.65. The van der Waals surface area contributed by atoms with Crippen LogP contribution in [-0.4, -0.2) is 89.4 Å². The molecule has 1 N–H and O–H groups in total. The van der Waals surface area contributed by atoms with Crippen LogP contribution in [-0.2, 0) is 52.7 Å². The van der Waals surface area contributed by atoms with Gasteiger partial charge >= 0.3 is 23.9 Å². The van der Waals surface area contributed by atoms with Crippen molar-refractivity contribution in [2.45, 2.75) is 52.0 Å². The molecular formula is C32H46O12S. The molecule has 1 aromatic rings. The number of aliphatic hydroxyl groups excluding tert-OH is 1. The minimum absolute atomic E-state index is 0.0451. The molecule has 1 aromatic carbocycles. The summed E-state index contributed by atoms with van der Waals surface area (Å²) in [5, 5.41) is 8.30. The molecule has 13 heteroatoms. The average Bonchev–Trinajstić information content (AvgIpc) is 3.81. The first kappa shape index (κ1) is 43.1. The first-order valence-corrected chi connectivity index (χ1v) is 15.3. The molecule has 0 amide bonds. The highest BCUT2D eigenvalue weighted by atomic mass is 32.2. The molecule has 252 valence electrons. The van der Waals surface area contributed by atoms with Gasteiger partial charge in [-0.15, -0.1) is 0 Å². The van der Waals surface area contributed by atoms with Gasteiger partial charge in [0, 0.05) is 35.3 Å². The van der Waals surface area contributed by atoms with E-state index in [1.807, 2.05) is 6.92 Å². The Balaban J connectivity index is 0. The van der Waals surface area contributed by atoms with Gasteiger partial charge in [-0.3, -0.25) is 0 Å². The van der Waals surface area contributed by atoms with E-state index >= 15 is 0 Å². The van der Waals surface area contributed by atoms with Crippen molar-refractivity contribution >= 4 is 33.7 Å². The van der Waals surface area contributed by atoms with E-state index in [-0.39, 0.29) is 54.1 Å². The second kappa shape index (κ2) is 23.3. The zero-order valence-electron chi connectivity index (χ0n) is 27.0. The third-order valence-electron chi connectivity index (χ3n) is 4.88. The highest BCUT2D eigenvalue weighted by Gasteiger charge is 2.24. The summed E-state index contributed by atoms with van der Waals surface area (Å²) in [6.45, 7) is 23.0. The van der Waals surface area contributed by atoms with E-state index in [9.17, 15) is 27.6 Å². The molecule has 2 rings (SSSR count). The number of aryl methyl sites for hydroxylation is 1.